The van der Waals surface area contributed by atoms with E-state index >= 15 is 0 Å². The van der Waals surface area contributed by atoms with Crippen LogP contribution in [-0.4, -0.2) is 6.61 Å². The van der Waals surface area contributed by atoms with E-state index in [2.05, 4.69) is 32.0 Å². The largest absolute Gasteiger partial charge is 0.492 e. The fourth-order valence-corrected chi connectivity index (χ4v) is 3.02. The summed E-state index contributed by atoms with van der Waals surface area (Å²) >= 11 is 6.03. The third kappa shape index (κ3) is 2.92. The highest BCUT2D eigenvalue weighted by Gasteiger charge is 2.32. The van der Waals surface area contributed by atoms with Gasteiger partial charge in [0.1, 0.15) is 5.75 Å². The minimum Gasteiger partial charge on any atom is -0.492 e. The van der Waals surface area contributed by atoms with Crippen LogP contribution in [0.25, 0.3) is 0 Å². The monoisotopic (exact) mass is 301 g/mol. The summed E-state index contributed by atoms with van der Waals surface area (Å²) in [6, 6.07) is 14.1. The lowest BCUT2D eigenvalue weighted by Gasteiger charge is -2.18. The molecule has 3 heteroatoms. The van der Waals surface area contributed by atoms with Crippen molar-refractivity contribution in [3.05, 3.63) is 64.2 Å². The SMILES string of the molecule is CC1(C)COc2ccc(C(N)Cc3cccc(Cl)c3)cc21. The van der Waals surface area contributed by atoms with Crippen molar-refractivity contribution >= 4 is 11.6 Å². The summed E-state index contributed by atoms with van der Waals surface area (Å²) in [6.07, 6.45) is 0.778. The summed E-state index contributed by atoms with van der Waals surface area (Å²) in [5.41, 5.74) is 9.99. The van der Waals surface area contributed by atoms with Crippen molar-refractivity contribution in [2.45, 2.75) is 31.7 Å². The molecule has 1 heterocycles. The lowest BCUT2D eigenvalue weighted by atomic mass is 9.85. The second-order valence-electron chi connectivity index (χ2n) is 6.37. The van der Waals surface area contributed by atoms with E-state index in [4.69, 9.17) is 22.1 Å². The van der Waals surface area contributed by atoms with Gasteiger partial charge in [0.05, 0.1) is 6.61 Å². The van der Waals surface area contributed by atoms with Gasteiger partial charge in [0.2, 0.25) is 0 Å². The molecule has 2 aromatic rings. The van der Waals surface area contributed by atoms with Crippen LogP contribution in [0.2, 0.25) is 5.02 Å². The normalized spacial score (nSPS) is 17.1. The van der Waals surface area contributed by atoms with Crippen LogP contribution in [0.3, 0.4) is 0 Å². The molecule has 110 valence electrons. The van der Waals surface area contributed by atoms with Gasteiger partial charge < -0.3 is 10.5 Å². The maximum Gasteiger partial charge on any atom is 0.123 e. The highest BCUT2D eigenvalue weighted by Crippen LogP contribution is 2.39. The van der Waals surface area contributed by atoms with E-state index in [-0.39, 0.29) is 11.5 Å². The first-order chi connectivity index (χ1) is 9.95. The molecule has 2 N–H and O–H groups in total. The molecule has 3 rings (SSSR count). The molecule has 0 amide bonds. The number of halogens is 1. The number of benzene rings is 2. The van der Waals surface area contributed by atoms with Crippen molar-refractivity contribution in [2.24, 2.45) is 5.73 Å². The first-order valence-electron chi connectivity index (χ1n) is 7.23. The second kappa shape index (κ2) is 5.36. The Bertz CT molecular complexity index is 666. The molecule has 0 bridgehead atoms. The summed E-state index contributed by atoms with van der Waals surface area (Å²) < 4.78 is 5.72. The molecule has 1 aliphatic rings. The van der Waals surface area contributed by atoms with Crippen LogP contribution >= 0.6 is 11.6 Å². The fourth-order valence-electron chi connectivity index (χ4n) is 2.80. The van der Waals surface area contributed by atoms with E-state index in [1.54, 1.807) is 0 Å². The highest BCUT2D eigenvalue weighted by atomic mass is 35.5. The fraction of sp³-hybridized carbons (Fsp3) is 0.333. The van der Waals surface area contributed by atoms with Gasteiger partial charge in [0, 0.05) is 22.0 Å². The molecule has 0 saturated carbocycles. The molecule has 2 nitrogen and oxygen atoms in total. The first-order valence-corrected chi connectivity index (χ1v) is 7.61. The zero-order valence-corrected chi connectivity index (χ0v) is 13.2. The van der Waals surface area contributed by atoms with Gasteiger partial charge in [-0.1, -0.05) is 43.6 Å². The third-order valence-electron chi connectivity index (χ3n) is 4.09. The van der Waals surface area contributed by atoms with E-state index < -0.39 is 0 Å². The van der Waals surface area contributed by atoms with Gasteiger partial charge in [-0.25, -0.2) is 0 Å². The molecular formula is C18H20ClNO. The van der Waals surface area contributed by atoms with Crippen LogP contribution in [0, 0.1) is 0 Å². The smallest absolute Gasteiger partial charge is 0.123 e. The lowest BCUT2D eigenvalue weighted by Crippen LogP contribution is -2.19. The zero-order chi connectivity index (χ0) is 15.0. The number of rotatable bonds is 3. The number of nitrogens with two attached hydrogens (primary N) is 1. The zero-order valence-electron chi connectivity index (χ0n) is 12.4. The van der Waals surface area contributed by atoms with Crippen LogP contribution in [0.5, 0.6) is 5.75 Å². The van der Waals surface area contributed by atoms with E-state index in [0.717, 1.165) is 34.9 Å². The number of ether oxygens (including phenoxy) is 1. The Labute approximate surface area is 130 Å². The summed E-state index contributed by atoms with van der Waals surface area (Å²) in [4.78, 5) is 0. The van der Waals surface area contributed by atoms with E-state index in [0.29, 0.717) is 0 Å². The topological polar surface area (TPSA) is 35.2 Å². The standard InChI is InChI=1S/C18H20ClNO/c1-18(2)11-21-17-7-6-13(10-15(17)18)16(20)9-12-4-3-5-14(19)8-12/h3-8,10,16H,9,11,20H2,1-2H3. The van der Waals surface area contributed by atoms with Gasteiger partial charge in [-0.2, -0.15) is 0 Å². The Balaban J connectivity index is 1.84. The molecule has 1 unspecified atom stereocenters. The van der Waals surface area contributed by atoms with Gasteiger partial charge in [-0.15, -0.1) is 0 Å². The molecule has 2 aromatic carbocycles. The quantitative estimate of drug-likeness (QED) is 0.919. The van der Waals surface area contributed by atoms with Gasteiger partial charge >= 0.3 is 0 Å². The molecule has 1 aliphatic heterocycles. The number of fused-ring (bicyclic) bond motifs is 1. The van der Waals surface area contributed by atoms with Crippen LogP contribution in [0.1, 0.15) is 36.6 Å². The van der Waals surface area contributed by atoms with Gasteiger partial charge in [-0.3, -0.25) is 0 Å². The van der Waals surface area contributed by atoms with Crippen LogP contribution in [0.4, 0.5) is 0 Å². The Morgan fingerprint density at radius 2 is 2.05 bits per heavy atom. The van der Waals surface area contributed by atoms with Gasteiger partial charge in [0.25, 0.3) is 0 Å². The second-order valence-corrected chi connectivity index (χ2v) is 6.81. The Kier molecular flexibility index (Phi) is 3.68. The van der Waals surface area contributed by atoms with Crippen molar-refractivity contribution in [1.29, 1.82) is 0 Å². The summed E-state index contributed by atoms with van der Waals surface area (Å²) in [7, 11) is 0. The molecule has 1 atom stereocenters. The van der Waals surface area contributed by atoms with Crippen LogP contribution < -0.4 is 10.5 Å². The molecule has 0 saturated heterocycles. The minimum absolute atomic E-state index is 0.0369. The predicted molar refractivity (Wildman–Crippen MR) is 87.0 cm³/mol. The maximum atomic E-state index is 6.38. The Morgan fingerprint density at radius 1 is 1.24 bits per heavy atom. The van der Waals surface area contributed by atoms with Crippen LogP contribution in [-0.2, 0) is 11.8 Å². The van der Waals surface area contributed by atoms with E-state index in [9.17, 15) is 0 Å². The average Bonchev–Trinajstić information content (AvgIpc) is 2.74. The van der Waals surface area contributed by atoms with Crippen LogP contribution in [0.15, 0.2) is 42.5 Å². The molecular weight excluding hydrogens is 282 g/mol. The number of hydrogen-bond donors (Lipinski definition) is 1. The lowest BCUT2D eigenvalue weighted by molar-refractivity contribution is 0.291. The van der Waals surface area contributed by atoms with Crippen molar-refractivity contribution in [3.63, 3.8) is 0 Å². The summed E-state index contributed by atoms with van der Waals surface area (Å²) in [5, 5.41) is 0.753. The first kappa shape index (κ1) is 14.4. The molecule has 0 aliphatic carbocycles. The van der Waals surface area contributed by atoms with E-state index in [1.165, 1.54) is 5.56 Å². The average molecular weight is 302 g/mol. The van der Waals surface area contributed by atoms with Crippen molar-refractivity contribution in [1.82, 2.24) is 0 Å². The molecule has 0 fully saturated rings. The van der Waals surface area contributed by atoms with Crippen molar-refractivity contribution in [2.75, 3.05) is 6.61 Å². The van der Waals surface area contributed by atoms with Crippen molar-refractivity contribution in [3.8, 4) is 5.75 Å². The van der Waals surface area contributed by atoms with Gasteiger partial charge in [0.15, 0.2) is 0 Å². The summed E-state index contributed by atoms with van der Waals surface area (Å²) in [6.45, 7) is 5.13. The Hall–Kier alpha value is -1.51. The summed E-state index contributed by atoms with van der Waals surface area (Å²) in [5.74, 6) is 0.985. The Morgan fingerprint density at radius 3 is 2.81 bits per heavy atom. The maximum absolute atomic E-state index is 6.38. The number of hydrogen-bond acceptors (Lipinski definition) is 2. The highest BCUT2D eigenvalue weighted by molar-refractivity contribution is 6.30. The van der Waals surface area contributed by atoms with Crippen molar-refractivity contribution < 1.29 is 4.74 Å². The third-order valence-corrected chi connectivity index (χ3v) is 4.33. The minimum atomic E-state index is -0.0369. The molecule has 0 aromatic heterocycles. The predicted octanol–water partition coefficient (Wildman–Crippen LogP) is 4.25. The molecule has 21 heavy (non-hydrogen) atoms. The molecule has 0 spiro atoms. The van der Waals surface area contributed by atoms with Gasteiger partial charge in [-0.05, 0) is 41.8 Å². The molecule has 0 radical (unpaired) electrons. The van der Waals surface area contributed by atoms with E-state index in [1.807, 2.05) is 24.3 Å².